The van der Waals surface area contributed by atoms with Crippen molar-refractivity contribution in [1.82, 2.24) is 9.13 Å². The first-order chi connectivity index (χ1) is 23.8. The van der Waals surface area contributed by atoms with Crippen LogP contribution < -0.4 is 0 Å². The molecule has 7 rings (SSSR count). The third kappa shape index (κ3) is 6.68. The zero-order valence-electron chi connectivity index (χ0n) is 29.2. The zero-order valence-corrected chi connectivity index (χ0v) is 29.2. The third-order valence-electron chi connectivity index (χ3n) is 10.5. The number of rotatable bonds is 16. The number of aromatic nitrogens is 2. The molecule has 2 nitrogen and oxygen atoms in total. The Kier molecular flexibility index (Phi) is 10.3. The molecule has 0 aliphatic rings. The Hall–Kier alpha value is -4.30. The molecule has 48 heavy (non-hydrogen) atoms. The smallest absolute Gasteiger partial charge is 0.0499 e. The number of nitrogens with zero attached hydrogens (tertiary/aromatic N) is 2. The van der Waals surface area contributed by atoms with Crippen LogP contribution in [-0.2, 0) is 13.1 Å². The SMILES string of the molecule is CCCCCCCCn1c2cc(-c3ccccc3)ccc2c2cc3c(cc21)c1ccc(-c2ccccc2)cc1n3CCCCCCCC. The van der Waals surface area contributed by atoms with Gasteiger partial charge in [-0.05, 0) is 59.4 Å². The molecule has 5 aromatic carbocycles. The van der Waals surface area contributed by atoms with E-state index in [0.29, 0.717) is 0 Å². The summed E-state index contributed by atoms with van der Waals surface area (Å²) < 4.78 is 5.29. The second-order valence-electron chi connectivity index (χ2n) is 13.9. The van der Waals surface area contributed by atoms with Crippen molar-refractivity contribution in [3.8, 4) is 22.3 Å². The van der Waals surface area contributed by atoms with Crippen LogP contribution in [-0.4, -0.2) is 9.13 Å². The number of fused-ring (bicyclic) bond motifs is 6. The van der Waals surface area contributed by atoms with Gasteiger partial charge in [0.1, 0.15) is 0 Å². The van der Waals surface area contributed by atoms with Crippen molar-refractivity contribution in [3.63, 3.8) is 0 Å². The summed E-state index contributed by atoms with van der Waals surface area (Å²) >= 11 is 0. The molecular formula is C46H52N2. The molecule has 2 aromatic heterocycles. The maximum Gasteiger partial charge on any atom is 0.0499 e. The van der Waals surface area contributed by atoms with Gasteiger partial charge in [0.05, 0.1) is 0 Å². The molecule has 0 spiro atoms. The second kappa shape index (κ2) is 15.3. The summed E-state index contributed by atoms with van der Waals surface area (Å²) in [5, 5.41) is 5.52. The maximum absolute atomic E-state index is 2.64. The predicted molar refractivity (Wildman–Crippen MR) is 210 cm³/mol. The average molecular weight is 633 g/mol. The Balaban J connectivity index is 1.36. The quantitative estimate of drug-likeness (QED) is 0.0938. The fraction of sp³-hybridized carbons (Fsp3) is 0.348. The average Bonchev–Trinajstić information content (AvgIpc) is 3.61. The number of hydrogen-bond acceptors (Lipinski definition) is 0. The first-order valence-electron chi connectivity index (χ1n) is 18.9. The molecule has 0 saturated carbocycles. The van der Waals surface area contributed by atoms with E-state index in [4.69, 9.17) is 0 Å². The van der Waals surface area contributed by atoms with Gasteiger partial charge in [-0.25, -0.2) is 0 Å². The van der Waals surface area contributed by atoms with Crippen molar-refractivity contribution in [2.75, 3.05) is 0 Å². The van der Waals surface area contributed by atoms with Crippen LogP contribution in [0.4, 0.5) is 0 Å². The summed E-state index contributed by atoms with van der Waals surface area (Å²) in [6, 6.07) is 41.1. The van der Waals surface area contributed by atoms with Crippen molar-refractivity contribution in [2.24, 2.45) is 0 Å². The highest BCUT2D eigenvalue weighted by atomic mass is 15.0. The minimum Gasteiger partial charge on any atom is -0.340 e. The topological polar surface area (TPSA) is 9.86 Å². The van der Waals surface area contributed by atoms with Crippen LogP contribution in [0.15, 0.2) is 109 Å². The molecule has 0 unspecified atom stereocenters. The van der Waals surface area contributed by atoms with Crippen LogP contribution >= 0.6 is 0 Å². The summed E-state index contributed by atoms with van der Waals surface area (Å²) in [7, 11) is 0. The van der Waals surface area contributed by atoms with Gasteiger partial charge in [0.15, 0.2) is 0 Å². The van der Waals surface area contributed by atoms with E-state index in [1.807, 2.05) is 0 Å². The van der Waals surface area contributed by atoms with E-state index in [-0.39, 0.29) is 0 Å². The molecule has 0 saturated heterocycles. The minimum atomic E-state index is 1.06. The molecule has 246 valence electrons. The van der Waals surface area contributed by atoms with Gasteiger partial charge in [-0.1, -0.05) is 163 Å². The summed E-state index contributed by atoms with van der Waals surface area (Å²) in [4.78, 5) is 0. The highest BCUT2D eigenvalue weighted by molar-refractivity contribution is 6.18. The highest BCUT2D eigenvalue weighted by Crippen LogP contribution is 2.39. The molecule has 7 aromatic rings. The van der Waals surface area contributed by atoms with Crippen molar-refractivity contribution in [3.05, 3.63) is 109 Å². The van der Waals surface area contributed by atoms with Gasteiger partial charge in [-0.3, -0.25) is 0 Å². The first kappa shape index (κ1) is 32.3. The summed E-state index contributed by atoms with van der Waals surface area (Å²) in [6.45, 7) is 6.72. The fourth-order valence-corrected chi connectivity index (χ4v) is 7.88. The molecule has 0 atom stereocenters. The Morgan fingerprint density at radius 3 is 1.12 bits per heavy atom. The maximum atomic E-state index is 2.64. The number of unbranched alkanes of at least 4 members (excludes halogenated alkanes) is 10. The number of aryl methyl sites for hydroxylation is 2. The zero-order chi connectivity index (χ0) is 32.7. The monoisotopic (exact) mass is 632 g/mol. The van der Waals surface area contributed by atoms with E-state index >= 15 is 0 Å². The van der Waals surface area contributed by atoms with Gasteiger partial charge >= 0.3 is 0 Å². The van der Waals surface area contributed by atoms with Crippen LogP contribution in [0.25, 0.3) is 65.9 Å². The molecule has 0 bridgehead atoms. The normalized spacial score (nSPS) is 11.9. The lowest BCUT2D eigenvalue weighted by atomic mass is 10.0. The van der Waals surface area contributed by atoms with Crippen molar-refractivity contribution in [2.45, 2.75) is 104 Å². The molecule has 0 N–H and O–H groups in total. The molecule has 0 fully saturated rings. The molecule has 0 aliphatic carbocycles. The molecule has 0 aliphatic heterocycles. The minimum absolute atomic E-state index is 1.06. The summed E-state index contributed by atoms with van der Waals surface area (Å²) in [5.41, 5.74) is 10.6. The first-order valence-corrected chi connectivity index (χ1v) is 18.9. The fourth-order valence-electron chi connectivity index (χ4n) is 7.88. The van der Waals surface area contributed by atoms with Crippen molar-refractivity contribution >= 4 is 43.6 Å². The van der Waals surface area contributed by atoms with Crippen LogP contribution in [0.1, 0.15) is 90.9 Å². The van der Waals surface area contributed by atoms with Crippen LogP contribution in [0.3, 0.4) is 0 Å². The molecular weight excluding hydrogens is 581 g/mol. The van der Waals surface area contributed by atoms with Crippen molar-refractivity contribution in [1.29, 1.82) is 0 Å². The summed E-state index contributed by atoms with van der Waals surface area (Å²) in [6.07, 6.45) is 15.7. The lowest BCUT2D eigenvalue weighted by Crippen LogP contribution is -1.99. The third-order valence-corrected chi connectivity index (χ3v) is 10.5. The standard InChI is InChI=1S/C46H52N2/c1-3-5-7-9-11-19-29-47-43-31-37(35-21-15-13-16-22-35)25-27-39(43)41-34-46-42(33-45(41)47)40-28-26-38(36-23-17-14-18-24-36)32-44(40)48(46)30-20-12-10-8-6-4-2/h13-18,21-28,31-34H,3-12,19-20,29-30H2,1-2H3. The molecule has 0 radical (unpaired) electrons. The Morgan fingerprint density at radius 2 is 0.708 bits per heavy atom. The summed E-state index contributed by atoms with van der Waals surface area (Å²) in [5.74, 6) is 0. The van der Waals surface area contributed by atoms with E-state index < -0.39 is 0 Å². The number of hydrogen-bond donors (Lipinski definition) is 0. The number of benzene rings is 5. The molecule has 2 heteroatoms. The van der Waals surface area contributed by atoms with Gasteiger partial charge in [-0.2, -0.15) is 0 Å². The van der Waals surface area contributed by atoms with Crippen LogP contribution in [0, 0.1) is 0 Å². The van der Waals surface area contributed by atoms with Gasteiger partial charge in [0.2, 0.25) is 0 Å². The molecule has 2 heterocycles. The van der Waals surface area contributed by atoms with Crippen LogP contribution in [0.5, 0.6) is 0 Å². The van der Waals surface area contributed by atoms with Crippen molar-refractivity contribution < 1.29 is 0 Å². The van der Waals surface area contributed by atoms with E-state index in [2.05, 4.69) is 132 Å². The Bertz CT molecular complexity index is 1940. The second-order valence-corrected chi connectivity index (χ2v) is 13.9. The van der Waals surface area contributed by atoms with Gasteiger partial charge in [0, 0.05) is 56.7 Å². The van der Waals surface area contributed by atoms with E-state index in [1.54, 1.807) is 0 Å². The van der Waals surface area contributed by atoms with E-state index in [1.165, 1.54) is 143 Å². The lowest BCUT2D eigenvalue weighted by molar-refractivity contribution is 0.570. The van der Waals surface area contributed by atoms with E-state index in [9.17, 15) is 0 Å². The Labute approximate surface area is 287 Å². The molecule has 0 amide bonds. The van der Waals surface area contributed by atoms with Gasteiger partial charge in [0.25, 0.3) is 0 Å². The van der Waals surface area contributed by atoms with E-state index in [0.717, 1.165) is 13.1 Å². The van der Waals surface area contributed by atoms with Crippen LogP contribution in [0.2, 0.25) is 0 Å². The highest BCUT2D eigenvalue weighted by Gasteiger charge is 2.18. The van der Waals surface area contributed by atoms with Gasteiger partial charge < -0.3 is 9.13 Å². The lowest BCUT2D eigenvalue weighted by Gasteiger charge is -2.10. The van der Waals surface area contributed by atoms with Gasteiger partial charge in [-0.15, -0.1) is 0 Å². The Morgan fingerprint density at radius 1 is 0.333 bits per heavy atom. The largest absolute Gasteiger partial charge is 0.340 e. The predicted octanol–water partition coefficient (Wildman–Crippen LogP) is 14.0.